The van der Waals surface area contributed by atoms with Crippen molar-refractivity contribution in [2.24, 2.45) is 5.18 Å². The number of halogens is 2. The Morgan fingerprint density at radius 3 is 2.70 bits per heavy atom. The number of pyridine rings is 1. The van der Waals surface area contributed by atoms with Crippen molar-refractivity contribution in [3.8, 4) is 0 Å². The minimum Gasteiger partial charge on any atom is -0.251 e. The van der Waals surface area contributed by atoms with Crippen LogP contribution in [-0.2, 0) is 0 Å². The van der Waals surface area contributed by atoms with E-state index in [1.165, 1.54) is 6.20 Å². The van der Waals surface area contributed by atoms with E-state index in [-0.39, 0.29) is 15.7 Å². The molecule has 0 aliphatic carbocycles. The third kappa shape index (κ3) is 1.25. The van der Waals surface area contributed by atoms with Crippen LogP contribution in [0.15, 0.2) is 11.4 Å². The fourth-order valence-electron chi connectivity index (χ4n) is 0.448. The van der Waals surface area contributed by atoms with Crippen LogP contribution in [0.5, 0.6) is 0 Å². The van der Waals surface area contributed by atoms with Crippen LogP contribution in [0, 0.1) is 11.1 Å². The fourth-order valence-corrected chi connectivity index (χ4v) is 0.859. The summed E-state index contributed by atoms with van der Waals surface area (Å²) in [5.41, 5.74) is -0.0154. The zero-order valence-corrected chi connectivity index (χ0v) is 6.15. The van der Waals surface area contributed by atoms with Gasteiger partial charge in [-0.2, -0.15) is 0 Å². The molecule has 51 valence electrons. The zero-order valence-electron chi connectivity index (χ0n) is 4.64. The molecule has 0 amide bonds. The van der Waals surface area contributed by atoms with Crippen molar-refractivity contribution in [1.29, 1.82) is 0 Å². The Hall–Kier alpha value is -0.670. The molecule has 0 saturated heterocycles. The maximum atomic E-state index is 9.98. The normalized spacial score (nSPS) is 9.40. The Kier molecular flexibility index (Phi) is 2.19. The first-order valence-corrected chi connectivity index (χ1v) is 3.06. The van der Waals surface area contributed by atoms with Gasteiger partial charge in [0.05, 0.1) is 10.0 Å². The highest BCUT2D eigenvalue weighted by molar-refractivity contribution is 6.38. The van der Waals surface area contributed by atoms with Gasteiger partial charge in [-0.3, -0.25) is 4.98 Å². The second kappa shape index (κ2) is 2.94. The molecule has 0 aliphatic rings. The predicted octanol–water partition coefficient (Wildman–Crippen LogP) is 2.59. The van der Waals surface area contributed by atoms with E-state index in [1.807, 2.05) is 0 Å². The van der Waals surface area contributed by atoms with Crippen LogP contribution in [-0.4, -0.2) is 4.98 Å². The van der Waals surface area contributed by atoms with Crippen molar-refractivity contribution in [2.45, 2.75) is 0 Å². The third-order valence-electron chi connectivity index (χ3n) is 0.866. The van der Waals surface area contributed by atoms with Gasteiger partial charge >= 0.3 is 0 Å². The molecule has 5 heteroatoms. The summed E-state index contributed by atoms with van der Waals surface area (Å²) in [6, 6.07) is 0. The van der Waals surface area contributed by atoms with Crippen molar-refractivity contribution < 1.29 is 0 Å². The average molecular weight is 176 g/mol. The number of nitroso groups, excluding NO2 is 1. The molecule has 3 nitrogen and oxygen atoms in total. The van der Waals surface area contributed by atoms with E-state index in [0.717, 1.165) is 0 Å². The summed E-state index contributed by atoms with van der Waals surface area (Å²) in [6.07, 6.45) is 3.58. The summed E-state index contributed by atoms with van der Waals surface area (Å²) in [5.74, 6) is 0. The quantitative estimate of drug-likeness (QED) is 0.617. The Labute approximate surface area is 67.0 Å². The lowest BCUT2D eigenvalue weighted by Gasteiger charge is -1.92. The second-order valence-corrected chi connectivity index (χ2v) is 2.26. The van der Waals surface area contributed by atoms with E-state index in [0.29, 0.717) is 0 Å². The van der Waals surface area contributed by atoms with E-state index in [4.69, 9.17) is 23.2 Å². The van der Waals surface area contributed by atoms with Gasteiger partial charge in [0, 0.05) is 6.20 Å². The van der Waals surface area contributed by atoms with Gasteiger partial charge in [-0.15, -0.1) is 4.91 Å². The molecular weight excluding hydrogens is 175 g/mol. The largest absolute Gasteiger partial charge is 0.251 e. The molecule has 1 rings (SSSR count). The van der Waals surface area contributed by atoms with Gasteiger partial charge in [0.25, 0.3) is 0 Å². The van der Waals surface area contributed by atoms with Crippen LogP contribution in [0.3, 0.4) is 0 Å². The van der Waals surface area contributed by atoms with Crippen LogP contribution in [0.25, 0.3) is 0 Å². The molecule has 10 heavy (non-hydrogen) atoms. The smallest absolute Gasteiger partial charge is 0.149 e. The van der Waals surface area contributed by atoms with Crippen molar-refractivity contribution in [1.82, 2.24) is 4.98 Å². The number of rotatable bonds is 1. The van der Waals surface area contributed by atoms with Gasteiger partial charge in [0.15, 0.2) is 0 Å². The maximum Gasteiger partial charge on any atom is 0.149 e. The molecule has 0 unspecified atom stereocenters. The SMILES string of the molecule is O=Nc1c(Cl)[c]ncc1Cl. The highest BCUT2D eigenvalue weighted by Gasteiger charge is 2.04. The number of hydrogen-bond donors (Lipinski definition) is 0. The first kappa shape index (κ1) is 7.44. The highest BCUT2D eigenvalue weighted by Crippen LogP contribution is 2.30. The molecule has 0 aromatic carbocycles. The Balaban J connectivity index is 3.30. The summed E-state index contributed by atoms with van der Waals surface area (Å²) in [4.78, 5) is 13.5. The third-order valence-corrected chi connectivity index (χ3v) is 1.41. The van der Waals surface area contributed by atoms with Gasteiger partial charge in [0.1, 0.15) is 11.9 Å². The number of aromatic nitrogens is 1. The molecule has 0 N–H and O–H groups in total. The number of hydrogen-bond acceptors (Lipinski definition) is 3. The molecular formula is C5HCl2N2O. The minimum absolute atomic E-state index is 0.0154. The first-order valence-electron chi connectivity index (χ1n) is 2.30. The molecule has 0 spiro atoms. The molecule has 0 saturated carbocycles. The number of nitrogens with zero attached hydrogens (tertiary/aromatic N) is 2. The molecule has 1 aromatic rings. The van der Waals surface area contributed by atoms with E-state index in [2.05, 4.69) is 16.4 Å². The lowest BCUT2D eigenvalue weighted by molar-refractivity contribution is 1.29. The van der Waals surface area contributed by atoms with Crippen molar-refractivity contribution >= 4 is 28.9 Å². The first-order chi connectivity index (χ1) is 4.75. The average Bonchev–Trinajstić information content (AvgIpc) is 1.88. The Morgan fingerprint density at radius 2 is 2.30 bits per heavy atom. The lowest BCUT2D eigenvalue weighted by atomic mass is 10.4. The molecule has 0 aliphatic heterocycles. The summed E-state index contributed by atoms with van der Waals surface area (Å²) in [7, 11) is 0. The van der Waals surface area contributed by atoms with Gasteiger partial charge in [-0.25, -0.2) is 0 Å². The van der Waals surface area contributed by atoms with E-state index < -0.39 is 0 Å². The summed E-state index contributed by atoms with van der Waals surface area (Å²) < 4.78 is 0. The van der Waals surface area contributed by atoms with Gasteiger partial charge < -0.3 is 0 Å². The van der Waals surface area contributed by atoms with Gasteiger partial charge in [0.2, 0.25) is 0 Å². The zero-order chi connectivity index (χ0) is 7.56. The molecule has 1 radical (unpaired) electrons. The fraction of sp³-hybridized carbons (Fsp3) is 0. The van der Waals surface area contributed by atoms with Gasteiger partial charge in [-0.1, -0.05) is 23.2 Å². The molecule has 1 aromatic heterocycles. The van der Waals surface area contributed by atoms with Crippen LogP contribution in [0.4, 0.5) is 5.69 Å². The van der Waals surface area contributed by atoms with Crippen molar-refractivity contribution in [3.63, 3.8) is 0 Å². The molecule has 1 heterocycles. The summed E-state index contributed by atoms with van der Waals surface area (Å²) in [6.45, 7) is 0. The van der Waals surface area contributed by atoms with Crippen LogP contribution in [0.2, 0.25) is 10.0 Å². The topological polar surface area (TPSA) is 42.3 Å². The summed E-state index contributed by atoms with van der Waals surface area (Å²) in [5, 5.41) is 2.77. The van der Waals surface area contributed by atoms with E-state index >= 15 is 0 Å². The minimum atomic E-state index is -0.0154. The van der Waals surface area contributed by atoms with Crippen LogP contribution >= 0.6 is 23.2 Å². The molecule has 0 atom stereocenters. The lowest BCUT2D eigenvalue weighted by Crippen LogP contribution is -1.74. The maximum absolute atomic E-state index is 9.98. The molecule has 0 bridgehead atoms. The van der Waals surface area contributed by atoms with Crippen molar-refractivity contribution in [2.75, 3.05) is 0 Å². The summed E-state index contributed by atoms with van der Waals surface area (Å²) >= 11 is 10.9. The van der Waals surface area contributed by atoms with E-state index in [1.54, 1.807) is 0 Å². The second-order valence-electron chi connectivity index (χ2n) is 1.47. The van der Waals surface area contributed by atoms with Gasteiger partial charge in [-0.05, 0) is 5.18 Å². The monoisotopic (exact) mass is 175 g/mol. The molecule has 0 fully saturated rings. The Bertz CT molecular complexity index is 244. The van der Waals surface area contributed by atoms with Crippen LogP contribution in [0.1, 0.15) is 0 Å². The van der Waals surface area contributed by atoms with E-state index in [9.17, 15) is 4.91 Å². The van der Waals surface area contributed by atoms with Crippen molar-refractivity contribution in [3.05, 3.63) is 27.3 Å². The predicted molar refractivity (Wildman–Crippen MR) is 38.5 cm³/mol. The standard InChI is InChI=1S/C5HCl2N2O/c6-3-1-8-2-4(7)5(3)9-10/h1H. The van der Waals surface area contributed by atoms with Crippen LogP contribution < -0.4 is 0 Å². The highest BCUT2D eigenvalue weighted by atomic mass is 35.5. The Morgan fingerprint density at radius 1 is 1.60 bits per heavy atom.